The molecular formula is C12H16N4. The average molecular weight is 216 g/mol. The largest absolute Gasteiger partial charge is 0.307 e. The van der Waals surface area contributed by atoms with Gasteiger partial charge in [-0.3, -0.25) is 4.40 Å². The molecular weight excluding hydrogens is 200 g/mol. The summed E-state index contributed by atoms with van der Waals surface area (Å²) in [5.41, 5.74) is 0.914. The van der Waals surface area contributed by atoms with Crippen molar-refractivity contribution in [3.63, 3.8) is 0 Å². The van der Waals surface area contributed by atoms with E-state index < -0.39 is 0 Å². The molecule has 1 aliphatic carbocycles. The van der Waals surface area contributed by atoms with Crippen LogP contribution in [0.25, 0.3) is 5.65 Å². The number of aromatic nitrogens is 3. The topological polar surface area (TPSA) is 42.2 Å². The van der Waals surface area contributed by atoms with E-state index >= 15 is 0 Å². The molecule has 0 radical (unpaired) electrons. The number of pyridine rings is 1. The van der Waals surface area contributed by atoms with Crippen molar-refractivity contribution >= 4 is 5.65 Å². The highest BCUT2D eigenvalue weighted by atomic mass is 15.3. The lowest BCUT2D eigenvalue weighted by Gasteiger charge is -2.11. The van der Waals surface area contributed by atoms with Gasteiger partial charge in [-0.15, -0.1) is 10.2 Å². The molecule has 4 nitrogen and oxygen atoms in total. The second kappa shape index (κ2) is 3.87. The number of nitrogens with zero attached hydrogens (tertiary/aromatic N) is 3. The summed E-state index contributed by atoms with van der Waals surface area (Å²) >= 11 is 0. The highest BCUT2D eigenvalue weighted by molar-refractivity contribution is 5.37. The fourth-order valence-electron chi connectivity index (χ4n) is 1.91. The van der Waals surface area contributed by atoms with Crippen molar-refractivity contribution < 1.29 is 0 Å². The van der Waals surface area contributed by atoms with E-state index in [1.807, 2.05) is 28.8 Å². The summed E-state index contributed by atoms with van der Waals surface area (Å²) in [6.45, 7) is 3.24. The maximum atomic E-state index is 4.24. The maximum Gasteiger partial charge on any atom is 0.160 e. The van der Waals surface area contributed by atoms with E-state index in [1.165, 1.54) is 12.8 Å². The Morgan fingerprint density at radius 2 is 2.31 bits per heavy atom. The summed E-state index contributed by atoms with van der Waals surface area (Å²) in [5.74, 6) is 1.89. The van der Waals surface area contributed by atoms with Crippen molar-refractivity contribution in [3.05, 3.63) is 30.2 Å². The first-order valence-corrected chi connectivity index (χ1v) is 5.87. The van der Waals surface area contributed by atoms with Crippen LogP contribution in [-0.4, -0.2) is 21.1 Å². The standard InChI is InChI=1S/C12H16N4/c1-9(13-8-10-5-6-10)12-15-14-11-4-2-3-7-16(11)12/h2-4,7,9-10,13H,5-6,8H2,1H3/t9-/m1/s1. The third-order valence-corrected chi connectivity index (χ3v) is 3.14. The molecule has 84 valence electrons. The minimum Gasteiger partial charge on any atom is -0.307 e. The van der Waals surface area contributed by atoms with E-state index in [2.05, 4.69) is 22.4 Å². The second-order valence-electron chi connectivity index (χ2n) is 4.56. The first-order valence-electron chi connectivity index (χ1n) is 5.87. The Morgan fingerprint density at radius 1 is 1.44 bits per heavy atom. The summed E-state index contributed by atoms with van der Waals surface area (Å²) in [7, 11) is 0. The van der Waals surface area contributed by atoms with Gasteiger partial charge in [-0.05, 0) is 44.4 Å². The average Bonchev–Trinajstić information content (AvgIpc) is 3.04. The molecule has 2 heterocycles. The first-order chi connectivity index (χ1) is 7.84. The third-order valence-electron chi connectivity index (χ3n) is 3.14. The van der Waals surface area contributed by atoms with Crippen LogP contribution >= 0.6 is 0 Å². The molecule has 1 atom stereocenters. The smallest absolute Gasteiger partial charge is 0.160 e. The van der Waals surface area contributed by atoms with Crippen LogP contribution in [0.4, 0.5) is 0 Å². The summed E-state index contributed by atoms with van der Waals surface area (Å²) in [6.07, 6.45) is 4.76. The van der Waals surface area contributed by atoms with Gasteiger partial charge in [0, 0.05) is 6.20 Å². The third kappa shape index (κ3) is 1.80. The minimum atomic E-state index is 0.262. The molecule has 2 aromatic heterocycles. The van der Waals surface area contributed by atoms with Gasteiger partial charge in [0.25, 0.3) is 0 Å². The Kier molecular flexibility index (Phi) is 2.36. The van der Waals surface area contributed by atoms with Crippen molar-refractivity contribution in [2.24, 2.45) is 5.92 Å². The van der Waals surface area contributed by atoms with Crippen molar-refractivity contribution in [3.8, 4) is 0 Å². The van der Waals surface area contributed by atoms with Crippen molar-refractivity contribution in [1.29, 1.82) is 0 Å². The van der Waals surface area contributed by atoms with Gasteiger partial charge in [-0.2, -0.15) is 0 Å². The molecule has 0 spiro atoms. The summed E-state index contributed by atoms with van der Waals surface area (Å²) < 4.78 is 2.05. The fourth-order valence-corrected chi connectivity index (χ4v) is 1.91. The molecule has 3 rings (SSSR count). The van der Waals surface area contributed by atoms with Gasteiger partial charge in [0.15, 0.2) is 11.5 Å². The van der Waals surface area contributed by atoms with Crippen LogP contribution in [0.5, 0.6) is 0 Å². The van der Waals surface area contributed by atoms with Crippen molar-refractivity contribution in [2.75, 3.05) is 6.54 Å². The predicted octanol–water partition coefficient (Wildman–Crippen LogP) is 1.79. The zero-order chi connectivity index (χ0) is 11.0. The highest BCUT2D eigenvalue weighted by Gasteiger charge is 2.22. The van der Waals surface area contributed by atoms with E-state index in [0.717, 1.165) is 23.9 Å². The molecule has 1 saturated carbocycles. The predicted molar refractivity (Wildman–Crippen MR) is 62.1 cm³/mol. The molecule has 1 fully saturated rings. The molecule has 4 heteroatoms. The Hall–Kier alpha value is -1.42. The number of hydrogen-bond donors (Lipinski definition) is 1. The van der Waals surface area contributed by atoms with Crippen LogP contribution in [0.15, 0.2) is 24.4 Å². The fraction of sp³-hybridized carbons (Fsp3) is 0.500. The van der Waals surface area contributed by atoms with E-state index in [1.54, 1.807) is 0 Å². The molecule has 0 saturated heterocycles. The first kappa shape index (κ1) is 9.78. The molecule has 0 bridgehead atoms. The molecule has 16 heavy (non-hydrogen) atoms. The Balaban J connectivity index is 1.80. The van der Waals surface area contributed by atoms with Crippen LogP contribution in [0.3, 0.4) is 0 Å². The van der Waals surface area contributed by atoms with Gasteiger partial charge >= 0.3 is 0 Å². The highest BCUT2D eigenvalue weighted by Crippen LogP contribution is 2.28. The monoisotopic (exact) mass is 216 g/mol. The van der Waals surface area contributed by atoms with E-state index in [0.29, 0.717) is 0 Å². The lowest BCUT2D eigenvalue weighted by Crippen LogP contribution is -2.22. The van der Waals surface area contributed by atoms with Gasteiger partial charge in [0.1, 0.15) is 0 Å². The van der Waals surface area contributed by atoms with E-state index in [4.69, 9.17) is 0 Å². The Labute approximate surface area is 94.7 Å². The van der Waals surface area contributed by atoms with Gasteiger partial charge in [-0.25, -0.2) is 0 Å². The molecule has 2 aromatic rings. The van der Waals surface area contributed by atoms with Gasteiger partial charge < -0.3 is 5.32 Å². The number of rotatable bonds is 4. The van der Waals surface area contributed by atoms with Gasteiger partial charge in [0.05, 0.1) is 6.04 Å². The van der Waals surface area contributed by atoms with Crippen molar-refractivity contribution in [2.45, 2.75) is 25.8 Å². The van der Waals surface area contributed by atoms with Crippen LogP contribution in [0.2, 0.25) is 0 Å². The van der Waals surface area contributed by atoms with E-state index in [9.17, 15) is 0 Å². The zero-order valence-corrected chi connectivity index (χ0v) is 9.43. The lowest BCUT2D eigenvalue weighted by molar-refractivity contribution is 0.522. The minimum absolute atomic E-state index is 0.262. The molecule has 0 unspecified atom stereocenters. The Morgan fingerprint density at radius 3 is 3.12 bits per heavy atom. The Bertz CT molecular complexity index is 486. The number of fused-ring (bicyclic) bond motifs is 1. The number of hydrogen-bond acceptors (Lipinski definition) is 3. The summed E-state index contributed by atoms with van der Waals surface area (Å²) in [4.78, 5) is 0. The van der Waals surface area contributed by atoms with Crippen LogP contribution < -0.4 is 5.32 Å². The SMILES string of the molecule is C[C@@H](NCC1CC1)c1nnc2ccccn12. The maximum absolute atomic E-state index is 4.24. The number of nitrogens with one attached hydrogen (secondary N) is 1. The van der Waals surface area contributed by atoms with E-state index in [-0.39, 0.29) is 6.04 Å². The molecule has 0 aromatic carbocycles. The van der Waals surface area contributed by atoms with Gasteiger partial charge in [-0.1, -0.05) is 6.07 Å². The quantitative estimate of drug-likeness (QED) is 0.847. The lowest BCUT2D eigenvalue weighted by atomic mass is 10.3. The van der Waals surface area contributed by atoms with Crippen LogP contribution in [-0.2, 0) is 0 Å². The molecule has 1 aliphatic rings. The molecule has 1 N–H and O–H groups in total. The van der Waals surface area contributed by atoms with Crippen molar-refractivity contribution in [1.82, 2.24) is 19.9 Å². The second-order valence-corrected chi connectivity index (χ2v) is 4.56. The normalized spacial score (nSPS) is 17.8. The molecule has 0 aliphatic heterocycles. The van der Waals surface area contributed by atoms with Crippen LogP contribution in [0, 0.1) is 5.92 Å². The van der Waals surface area contributed by atoms with Crippen LogP contribution in [0.1, 0.15) is 31.6 Å². The summed E-state index contributed by atoms with van der Waals surface area (Å²) in [6, 6.07) is 6.23. The zero-order valence-electron chi connectivity index (χ0n) is 9.43. The molecule has 0 amide bonds. The van der Waals surface area contributed by atoms with Gasteiger partial charge in [0.2, 0.25) is 0 Å². The summed E-state index contributed by atoms with van der Waals surface area (Å²) in [5, 5.41) is 11.9.